The van der Waals surface area contributed by atoms with Crippen LogP contribution in [0.4, 0.5) is 0 Å². The number of aromatic nitrogens is 2. The largest absolute Gasteiger partial charge is 0.442 e. The Kier molecular flexibility index (Phi) is 2.25. The fourth-order valence-electron chi connectivity index (χ4n) is 1.70. The molecule has 2 rings (SSSR count). The molecule has 0 fully saturated rings. The molecule has 0 spiro atoms. The summed E-state index contributed by atoms with van der Waals surface area (Å²) in [5.41, 5.74) is 3.91. The number of aryl methyl sites for hydroxylation is 1. The molecule has 0 amide bonds. The van der Waals surface area contributed by atoms with Crippen LogP contribution in [0.25, 0.3) is 11.1 Å². The first-order valence-corrected chi connectivity index (χ1v) is 5.25. The van der Waals surface area contributed by atoms with Gasteiger partial charge < -0.3 is 4.42 Å². The minimum absolute atomic E-state index is 0.00987. The van der Waals surface area contributed by atoms with Gasteiger partial charge in [0.2, 0.25) is 0 Å². The van der Waals surface area contributed by atoms with Gasteiger partial charge in [-0.1, -0.05) is 27.7 Å². The summed E-state index contributed by atoms with van der Waals surface area (Å²) in [5.74, 6) is 0. The van der Waals surface area contributed by atoms with Crippen LogP contribution in [0.1, 0.15) is 39.0 Å². The van der Waals surface area contributed by atoms with Crippen molar-refractivity contribution in [1.82, 2.24) is 9.97 Å². The lowest BCUT2D eigenvalue weighted by Crippen LogP contribution is -2.14. The summed E-state index contributed by atoms with van der Waals surface area (Å²) >= 11 is 0. The zero-order chi connectivity index (χ0) is 11.1. The molecule has 0 bridgehead atoms. The highest BCUT2D eigenvalue weighted by molar-refractivity contribution is 5.78. The van der Waals surface area contributed by atoms with Crippen LogP contribution in [-0.2, 0) is 11.8 Å². The van der Waals surface area contributed by atoms with E-state index in [9.17, 15) is 0 Å². The Morgan fingerprint density at radius 3 is 2.60 bits per heavy atom. The quantitative estimate of drug-likeness (QED) is 0.716. The van der Waals surface area contributed by atoms with Crippen molar-refractivity contribution in [2.45, 2.75) is 39.5 Å². The van der Waals surface area contributed by atoms with Crippen LogP contribution in [0.3, 0.4) is 0 Å². The van der Waals surface area contributed by atoms with Crippen molar-refractivity contribution in [2.75, 3.05) is 0 Å². The minimum atomic E-state index is -0.00987. The molecule has 0 atom stereocenters. The summed E-state index contributed by atoms with van der Waals surface area (Å²) in [7, 11) is 0. The molecule has 2 aromatic heterocycles. The fourth-order valence-corrected chi connectivity index (χ4v) is 1.70. The van der Waals surface area contributed by atoms with Crippen molar-refractivity contribution in [3.05, 3.63) is 23.8 Å². The minimum Gasteiger partial charge on any atom is -0.442 e. The van der Waals surface area contributed by atoms with Gasteiger partial charge in [0.25, 0.3) is 0 Å². The molecule has 0 saturated carbocycles. The highest BCUT2D eigenvalue weighted by Gasteiger charge is 2.22. The van der Waals surface area contributed by atoms with Crippen molar-refractivity contribution in [1.29, 1.82) is 0 Å². The number of fused-ring (bicyclic) bond motifs is 1. The first kappa shape index (κ1) is 10.1. The fraction of sp³-hybridized carbons (Fsp3) is 0.500. The van der Waals surface area contributed by atoms with E-state index in [2.05, 4.69) is 37.7 Å². The van der Waals surface area contributed by atoms with E-state index >= 15 is 0 Å². The average molecular weight is 204 g/mol. The van der Waals surface area contributed by atoms with E-state index in [0.29, 0.717) is 0 Å². The molecular weight excluding hydrogens is 188 g/mol. The molecule has 80 valence electrons. The average Bonchev–Trinajstić information content (AvgIpc) is 2.62. The number of rotatable bonds is 1. The van der Waals surface area contributed by atoms with Gasteiger partial charge in [-0.2, -0.15) is 0 Å². The molecular formula is C12H16N2O. The van der Waals surface area contributed by atoms with Crippen LogP contribution in [0.15, 0.2) is 17.0 Å². The van der Waals surface area contributed by atoms with E-state index < -0.39 is 0 Å². The third-order valence-electron chi connectivity index (χ3n) is 2.53. The van der Waals surface area contributed by atoms with Gasteiger partial charge in [-0.3, -0.25) is 4.98 Å². The van der Waals surface area contributed by atoms with Crippen molar-refractivity contribution in [2.24, 2.45) is 0 Å². The Bertz CT molecular complexity index is 480. The summed E-state index contributed by atoms with van der Waals surface area (Å²) < 4.78 is 5.44. The Labute approximate surface area is 89.5 Å². The zero-order valence-corrected chi connectivity index (χ0v) is 9.66. The first-order chi connectivity index (χ1) is 7.04. The molecule has 0 aromatic carbocycles. The van der Waals surface area contributed by atoms with E-state index in [0.717, 1.165) is 28.8 Å². The normalized spacial score (nSPS) is 12.3. The lowest BCUT2D eigenvalue weighted by molar-refractivity contribution is 0.539. The van der Waals surface area contributed by atoms with E-state index in [1.165, 1.54) is 6.39 Å². The lowest BCUT2D eigenvalue weighted by Gasteiger charge is -2.17. The predicted octanol–water partition coefficient (Wildman–Crippen LogP) is 3.08. The van der Waals surface area contributed by atoms with Crippen LogP contribution < -0.4 is 0 Å². The van der Waals surface area contributed by atoms with Crippen LogP contribution >= 0.6 is 0 Å². The third kappa shape index (κ3) is 1.62. The Morgan fingerprint density at radius 2 is 2.00 bits per heavy atom. The molecule has 0 aliphatic carbocycles. The molecule has 0 N–H and O–H groups in total. The number of oxazole rings is 1. The topological polar surface area (TPSA) is 38.9 Å². The van der Waals surface area contributed by atoms with Gasteiger partial charge in [0.15, 0.2) is 12.0 Å². The van der Waals surface area contributed by atoms with Crippen LogP contribution in [0.2, 0.25) is 0 Å². The van der Waals surface area contributed by atoms with Gasteiger partial charge in [0.05, 0.1) is 5.69 Å². The van der Waals surface area contributed by atoms with Gasteiger partial charge in [-0.05, 0) is 12.0 Å². The highest BCUT2D eigenvalue weighted by Crippen LogP contribution is 2.29. The second-order valence-corrected chi connectivity index (χ2v) is 4.77. The maximum atomic E-state index is 5.44. The van der Waals surface area contributed by atoms with Gasteiger partial charge in [-0.15, -0.1) is 0 Å². The Hall–Kier alpha value is -1.38. The number of nitrogens with zero attached hydrogens (tertiary/aromatic N) is 2. The summed E-state index contributed by atoms with van der Waals surface area (Å²) in [5, 5.41) is 0. The highest BCUT2D eigenvalue weighted by atomic mass is 16.3. The summed E-state index contributed by atoms with van der Waals surface area (Å²) in [6.07, 6.45) is 4.34. The molecule has 3 nitrogen and oxygen atoms in total. The van der Waals surface area contributed by atoms with Crippen LogP contribution in [-0.4, -0.2) is 9.97 Å². The molecule has 2 aromatic rings. The number of hydrogen-bond acceptors (Lipinski definition) is 3. The molecule has 15 heavy (non-hydrogen) atoms. The Balaban J connectivity index is 2.74. The van der Waals surface area contributed by atoms with Crippen LogP contribution in [0.5, 0.6) is 0 Å². The van der Waals surface area contributed by atoms with Gasteiger partial charge >= 0.3 is 0 Å². The van der Waals surface area contributed by atoms with Crippen LogP contribution in [0, 0.1) is 0 Å². The summed E-state index contributed by atoms with van der Waals surface area (Å²) in [6, 6.07) is 0. The third-order valence-corrected chi connectivity index (χ3v) is 2.53. The van der Waals surface area contributed by atoms with Crippen molar-refractivity contribution in [3.63, 3.8) is 0 Å². The van der Waals surface area contributed by atoms with E-state index in [1.54, 1.807) is 0 Å². The standard InChI is InChI=1S/C12H16N2O/c1-5-8-6-13-11(12(2,3)4)10-9(8)14-7-15-10/h6-7H,5H2,1-4H3. The molecule has 0 radical (unpaired) electrons. The van der Waals surface area contributed by atoms with Gasteiger partial charge in [-0.25, -0.2) is 4.98 Å². The maximum Gasteiger partial charge on any atom is 0.182 e. The second-order valence-electron chi connectivity index (χ2n) is 4.77. The Morgan fingerprint density at radius 1 is 1.27 bits per heavy atom. The van der Waals surface area contributed by atoms with E-state index in [4.69, 9.17) is 4.42 Å². The van der Waals surface area contributed by atoms with Crippen molar-refractivity contribution < 1.29 is 4.42 Å². The van der Waals surface area contributed by atoms with Crippen molar-refractivity contribution in [3.8, 4) is 0 Å². The van der Waals surface area contributed by atoms with E-state index in [1.807, 2.05) is 6.20 Å². The molecule has 0 aliphatic rings. The summed E-state index contributed by atoms with van der Waals surface area (Å²) in [4.78, 5) is 8.74. The zero-order valence-electron chi connectivity index (χ0n) is 9.66. The monoisotopic (exact) mass is 204 g/mol. The molecule has 2 heterocycles. The second kappa shape index (κ2) is 3.33. The SMILES string of the molecule is CCc1cnc(C(C)(C)C)c2ocnc12. The molecule has 0 saturated heterocycles. The summed E-state index contributed by atoms with van der Waals surface area (Å²) in [6.45, 7) is 8.48. The van der Waals surface area contributed by atoms with Crippen molar-refractivity contribution >= 4 is 11.1 Å². The lowest BCUT2D eigenvalue weighted by atomic mass is 9.90. The molecule has 0 unspecified atom stereocenters. The van der Waals surface area contributed by atoms with E-state index in [-0.39, 0.29) is 5.41 Å². The smallest absolute Gasteiger partial charge is 0.182 e. The predicted molar refractivity (Wildman–Crippen MR) is 59.9 cm³/mol. The first-order valence-electron chi connectivity index (χ1n) is 5.25. The number of hydrogen-bond donors (Lipinski definition) is 0. The molecule has 0 aliphatic heterocycles. The number of pyridine rings is 1. The van der Waals surface area contributed by atoms with Gasteiger partial charge in [0.1, 0.15) is 5.52 Å². The van der Waals surface area contributed by atoms with Gasteiger partial charge in [0, 0.05) is 11.6 Å². The maximum absolute atomic E-state index is 5.44. The molecule has 3 heteroatoms.